The Hall–Kier alpha value is -3.86. The summed E-state index contributed by atoms with van der Waals surface area (Å²) in [6.45, 7) is 1.27. The van der Waals surface area contributed by atoms with Crippen LogP contribution in [0.2, 0.25) is 0 Å². The van der Waals surface area contributed by atoms with E-state index in [1.54, 1.807) is 48.5 Å². The zero-order valence-corrected chi connectivity index (χ0v) is 16.0. The summed E-state index contributed by atoms with van der Waals surface area (Å²) in [5, 5.41) is 11.4. The van der Waals surface area contributed by atoms with Crippen molar-refractivity contribution < 1.29 is 28.6 Å². The Morgan fingerprint density at radius 1 is 1.07 bits per heavy atom. The van der Waals surface area contributed by atoms with E-state index in [-0.39, 0.29) is 6.54 Å². The summed E-state index contributed by atoms with van der Waals surface area (Å²) in [6.07, 6.45) is -0.915. The van der Waals surface area contributed by atoms with Gasteiger partial charge in [0.15, 0.2) is 12.7 Å². The lowest BCUT2D eigenvalue weighted by molar-refractivity contribution is -0.154. The molecule has 1 N–H and O–H groups in total. The fourth-order valence-corrected chi connectivity index (χ4v) is 2.24. The number of methoxy groups -OCH3 is 1. The van der Waals surface area contributed by atoms with Crippen molar-refractivity contribution in [3.63, 3.8) is 0 Å². The predicted molar refractivity (Wildman–Crippen MR) is 102 cm³/mol. The number of nitrogens with one attached hydrogen (secondary N) is 1. The van der Waals surface area contributed by atoms with Crippen molar-refractivity contribution in [2.24, 2.45) is 0 Å². The number of benzene rings is 2. The molecule has 2 aromatic rings. The molecule has 8 nitrogen and oxygen atoms in total. The van der Waals surface area contributed by atoms with Gasteiger partial charge in [0.2, 0.25) is 0 Å². The summed E-state index contributed by atoms with van der Waals surface area (Å²) < 4.78 is 15.0. The van der Waals surface area contributed by atoms with Gasteiger partial charge in [0, 0.05) is 6.54 Å². The van der Waals surface area contributed by atoms with Crippen molar-refractivity contribution in [2.75, 3.05) is 13.7 Å². The number of carbonyl (C=O) groups is 3. The van der Waals surface area contributed by atoms with Gasteiger partial charge in [-0.25, -0.2) is 9.59 Å². The molecule has 0 spiro atoms. The van der Waals surface area contributed by atoms with Crippen LogP contribution in [-0.4, -0.2) is 37.7 Å². The third-order valence-electron chi connectivity index (χ3n) is 3.84. The van der Waals surface area contributed by atoms with E-state index < -0.39 is 30.6 Å². The third-order valence-corrected chi connectivity index (χ3v) is 3.84. The highest BCUT2D eigenvalue weighted by Crippen LogP contribution is 2.14. The average molecular weight is 396 g/mol. The second-order valence-electron chi connectivity index (χ2n) is 5.97. The number of amides is 1. The number of rotatable bonds is 8. The summed E-state index contributed by atoms with van der Waals surface area (Å²) in [6, 6.07) is 14.8. The number of nitriles is 1. The maximum Gasteiger partial charge on any atom is 0.347 e. The minimum absolute atomic E-state index is 0.217. The van der Waals surface area contributed by atoms with Crippen molar-refractivity contribution in [2.45, 2.75) is 19.6 Å². The number of hydrogen-bond donors (Lipinski definition) is 1. The molecule has 1 atom stereocenters. The molecule has 0 saturated carbocycles. The minimum atomic E-state index is -0.915. The Morgan fingerprint density at radius 2 is 1.72 bits per heavy atom. The lowest BCUT2D eigenvalue weighted by Crippen LogP contribution is -2.32. The average Bonchev–Trinajstić information content (AvgIpc) is 2.76. The Kier molecular flexibility index (Phi) is 7.74. The highest BCUT2D eigenvalue weighted by Gasteiger charge is 2.18. The van der Waals surface area contributed by atoms with Crippen LogP contribution in [0.15, 0.2) is 48.5 Å². The molecule has 0 saturated heterocycles. The van der Waals surface area contributed by atoms with Crippen LogP contribution in [0.25, 0.3) is 0 Å². The van der Waals surface area contributed by atoms with Crippen LogP contribution >= 0.6 is 0 Å². The Labute approximate surface area is 168 Å². The number of nitrogens with zero attached hydrogens (tertiary/aromatic N) is 1. The topological polar surface area (TPSA) is 115 Å². The van der Waals surface area contributed by atoms with Gasteiger partial charge in [0.25, 0.3) is 5.91 Å². The van der Waals surface area contributed by atoms with Gasteiger partial charge in [0.05, 0.1) is 24.3 Å². The van der Waals surface area contributed by atoms with Gasteiger partial charge in [-0.3, -0.25) is 4.79 Å². The minimum Gasteiger partial charge on any atom is -0.479 e. The van der Waals surface area contributed by atoms with E-state index in [9.17, 15) is 14.4 Å². The van der Waals surface area contributed by atoms with Crippen LogP contribution in [0.5, 0.6) is 5.75 Å². The first-order chi connectivity index (χ1) is 13.9. The summed E-state index contributed by atoms with van der Waals surface area (Å²) in [7, 11) is 1.30. The third kappa shape index (κ3) is 6.66. The van der Waals surface area contributed by atoms with Crippen LogP contribution in [0.3, 0.4) is 0 Å². The van der Waals surface area contributed by atoms with Crippen LogP contribution in [-0.2, 0) is 25.6 Å². The van der Waals surface area contributed by atoms with Crippen LogP contribution in [0.4, 0.5) is 0 Å². The van der Waals surface area contributed by atoms with Gasteiger partial charge in [-0.2, -0.15) is 5.26 Å². The standard InChI is InChI=1S/C21H20N2O6/c1-14(29-18-9-5-15(11-22)6-10-18)20(25)28-13-19(24)23-12-16-3-7-17(8-4-16)21(26)27-2/h3-10,14H,12-13H2,1-2H3,(H,23,24)/t14-/m1/s1. The molecule has 0 aromatic heterocycles. The summed E-state index contributed by atoms with van der Waals surface area (Å²) >= 11 is 0. The lowest BCUT2D eigenvalue weighted by atomic mass is 10.1. The molecule has 0 aliphatic carbocycles. The molecular formula is C21H20N2O6. The molecule has 0 heterocycles. The molecule has 0 unspecified atom stereocenters. The van der Waals surface area contributed by atoms with Crippen molar-refractivity contribution >= 4 is 17.8 Å². The van der Waals surface area contributed by atoms with Gasteiger partial charge in [0.1, 0.15) is 5.75 Å². The van der Waals surface area contributed by atoms with E-state index in [1.807, 2.05) is 6.07 Å². The van der Waals surface area contributed by atoms with Crippen molar-refractivity contribution in [1.29, 1.82) is 5.26 Å². The van der Waals surface area contributed by atoms with E-state index in [2.05, 4.69) is 10.1 Å². The van der Waals surface area contributed by atoms with Crippen molar-refractivity contribution in [3.8, 4) is 11.8 Å². The Balaban J connectivity index is 1.74. The van der Waals surface area contributed by atoms with Gasteiger partial charge in [-0.05, 0) is 48.9 Å². The molecule has 29 heavy (non-hydrogen) atoms. The smallest absolute Gasteiger partial charge is 0.347 e. The van der Waals surface area contributed by atoms with Crippen LogP contribution < -0.4 is 10.1 Å². The predicted octanol–water partition coefficient (Wildman–Crippen LogP) is 1.97. The monoisotopic (exact) mass is 396 g/mol. The van der Waals surface area contributed by atoms with E-state index in [1.165, 1.54) is 14.0 Å². The molecule has 2 aromatic carbocycles. The quantitative estimate of drug-likeness (QED) is 0.678. The highest BCUT2D eigenvalue weighted by atomic mass is 16.6. The van der Waals surface area contributed by atoms with Crippen LogP contribution in [0.1, 0.15) is 28.4 Å². The van der Waals surface area contributed by atoms with Gasteiger partial charge >= 0.3 is 11.9 Å². The SMILES string of the molecule is COC(=O)c1ccc(CNC(=O)COC(=O)[C@@H](C)Oc2ccc(C#N)cc2)cc1. The molecule has 8 heteroatoms. The zero-order chi connectivity index (χ0) is 21.2. The maximum absolute atomic E-state index is 12.0. The summed E-state index contributed by atoms with van der Waals surface area (Å²) in [5.41, 5.74) is 1.66. The Morgan fingerprint density at radius 3 is 2.31 bits per heavy atom. The molecule has 0 fully saturated rings. The number of ether oxygens (including phenoxy) is 3. The van der Waals surface area contributed by atoms with E-state index in [0.29, 0.717) is 16.9 Å². The van der Waals surface area contributed by atoms with Gasteiger partial charge < -0.3 is 19.5 Å². The largest absolute Gasteiger partial charge is 0.479 e. The molecule has 1 amide bonds. The first-order valence-electron chi connectivity index (χ1n) is 8.70. The lowest BCUT2D eigenvalue weighted by Gasteiger charge is -2.14. The first kappa shape index (κ1) is 21.4. The van der Waals surface area contributed by atoms with E-state index >= 15 is 0 Å². The van der Waals surface area contributed by atoms with Gasteiger partial charge in [-0.1, -0.05) is 12.1 Å². The summed E-state index contributed by atoms with van der Waals surface area (Å²) in [5.74, 6) is -1.19. The molecule has 0 bridgehead atoms. The first-order valence-corrected chi connectivity index (χ1v) is 8.70. The number of hydrogen-bond acceptors (Lipinski definition) is 7. The molecule has 0 radical (unpaired) electrons. The number of esters is 2. The van der Waals surface area contributed by atoms with Crippen LogP contribution in [0, 0.1) is 11.3 Å². The number of carbonyl (C=O) groups excluding carboxylic acids is 3. The second kappa shape index (κ2) is 10.5. The summed E-state index contributed by atoms with van der Waals surface area (Å²) in [4.78, 5) is 35.2. The van der Waals surface area contributed by atoms with Crippen molar-refractivity contribution in [1.82, 2.24) is 5.32 Å². The van der Waals surface area contributed by atoms with E-state index in [4.69, 9.17) is 14.7 Å². The second-order valence-corrected chi connectivity index (χ2v) is 5.97. The molecule has 150 valence electrons. The molecular weight excluding hydrogens is 376 g/mol. The normalized spacial score (nSPS) is 10.9. The molecule has 0 aliphatic heterocycles. The van der Waals surface area contributed by atoms with Crippen molar-refractivity contribution in [3.05, 3.63) is 65.2 Å². The fourth-order valence-electron chi connectivity index (χ4n) is 2.24. The van der Waals surface area contributed by atoms with Gasteiger partial charge in [-0.15, -0.1) is 0 Å². The maximum atomic E-state index is 12.0. The zero-order valence-electron chi connectivity index (χ0n) is 16.0. The fraction of sp³-hybridized carbons (Fsp3) is 0.238. The van der Waals surface area contributed by atoms with E-state index in [0.717, 1.165) is 5.56 Å². The molecule has 2 rings (SSSR count). The highest BCUT2D eigenvalue weighted by molar-refractivity contribution is 5.89. The molecule has 0 aliphatic rings. The Bertz CT molecular complexity index is 900.